The van der Waals surface area contributed by atoms with E-state index in [-0.39, 0.29) is 34.1 Å². The quantitative estimate of drug-likeness (QED) is 0.111. The molecule has 25 heteroatoms. The van der Waals surface area contributed by atoms with Crippen LogP contribution in [0.3, 0.4) is 0 Å². The molecule has 2 aliphatic heterocycles. The fourth-order valence-corrected chi connectivity index (χ4v) is 6.58. The summed E-state index contributed by atoms with van der Waals surface area (Å²) in [7, 11) is -3.13. The first-order valence-corrected chi connectivity index (χ1v) is 16.4. The Labute approximate surface area is 254 Å². The van der Waals surface area contributed by atoms with E-state index >= 15 is 8.78 Å². The van der Waals surface area contributed by atoms with Gasteiger partial charge in [0.2, 0.25) is 5.95 Å². The maximum atomic E-state index is 15.7. The minimum absolute atomic E-state index is 0.0415. The summed E-state index contributed by atoms with van der Waals surface area (Å²) >= 11 is 5.08. The van der Waals surface area contributed by atoms with Crippen molar-refractivity contribution in [1.29, 1.82) is 0 Å². The monoisotopic (exact) mass is 695 g/mol. The number of fused-ring (bicyclic) bond motifs is 2. The van der Waals surface area contributed by atoms with Crippen LogP contribution < -0.4 is 17.0 Å². The highest BCUT2D eigenvalue weighted by atomic mass is 32.5. The van der Waals surface area contributed by atoms with Crippen LogP contribution in [0.1, 0.15) is 12.5 Å². The van der Waals surface area contributed by atoms with Crippen molar-refractivity contribution in [3.05, 3.63) is 29.3 Å². The number of aliphatic hydroxyl groups excluding tert-OH is 1. The first kappa shape index (κ1) is 31.8. The van der Waals surface area contributed by atoms with Crippen LogP contribution in [-0.4, -0.2) is 104 Å². The minimum Gasteiger partial charge on any atom is -0.387 e. The number of H-pyrrole nitrogens is 1. The molecule has 45 heavy (non-hydrogen) atoms. The van der Waals surface area contributed by atoms with E-state index in [4.69, 9.17) is 46.7 Å². The molecule has 242 valence electrons. The molecule has 2 saturated heterocycles. The third-order valence-electron chi connectivity index (χ3n) is 6.95. The lowest BCUT2D eigenvalue weighted by Gasteiger charge is -2.26. The van der Waals surface area contributed by atoms with E-state index in [2.05, 4.69) is 34.4 Å². The van der Waals surface area contributed by atoms with Gasteiger partial charge in [-0.3, -0.25) is 23.4 Å². The number of nitrogens with zero attached hydrogens (tertiary/aromatic N) is 7. The molecule has 2 aliphatic rings. The van der Waals surface area contributed by atoms with Crippen molar-refractivity contribution in [3.63, 3.8) is 0 Å². The van der Waals surface area contributed by atoms with Crippen LogP contribution in [0.5, 0.6) is 0 Å². The van der Waals surface area contributed by atoms with Gasteiger partial charge >= 0.3 is 15.0 Å². The molecular formula is C20H23F2N10O10P2S+. The Kier molecular flexibility index (Phi) is 8.60. The molecule has 6 heterocycles. The predicted octanol–water partition coefficient (Wildman–Crippen LogP) is -0.759. The zero-order valence-corrected chi connectivity index (χ0v) is 24.9. The Bertz CT molecular complexity index is 1870. The van der Waals surface area contributed by atoms with E-state index < -0.39 is 83.0 Å². The molecule has 2 fully saturated rings. The van der Waals surface area contributed by atoms with Gasteiger partial charge in [-0.2, -0.15) is 4.98 Å². The number of rotatable bonds is 10. The fourth-order valence-electron chi connectivity index (χ4n) is 4.91. The summed E-state index contributed by atoms with van der Waals surface area (Å²) < 4.78 is 70.8. The Morgan fingerprint density at radius 1 is 1.04 bits per heavy atom. The lowest BCUT2D eigenvalue weighted by molar-refractivity contribution is -0.0540. The molecule has 20 nitrogen and oxygen atoms in total. The summed E-state index contributed by atoms with van der Waals surface area (Å²) in [4.78, 5) is 54.2. The van der Waals surface area contributed by atoms with Crippen LogP contribution in [0, 0.1) is 0 Å². The molecule has 0 aromatic carbocycles. The van der Waals surface area contributed by atoms with Crippen molar-refractivity contribution in [2.24, 2.45) is 0 Å². The number of nitrogens with one attached hydrogen (secondary N) is 1. The number of hydrogen-bond acceptors (Lipinski definition) is 16. The molecule has 0 spiro atoms. The molecule has 0 radical (unpaired) electrons. The maximum Gasteiger partial charge on any atom is 0.694 e. The first-order chi connectivity index (χ1) is 21.3. The first-order valence-electron chi connectivity index (χ1n) is 12.7. The fraction of sp³-hybridized carbons (Fsp3) is 0.500. The lowest BCUT2D eigenvalue weighted by atomic mass is 10.1. The zero-order valence-electron chi connectivity index (χ0n) is 22.3. The van der Waals surface area contributed by atoms with Crippen LogP contribution in [0.2, 0.25) is 0 Å². The van der Waals surface area contributed by atoms with Crippen LogP contribution >= 0.6 is 15.0 Å². The van der Waals surface area contributed by atoms with Crippen LogP contribution in [0.15, 0.2) is 23.8 Å². The topological polar surface area (TPSA) is 283 Å². The van der Waals surface area contributed by atoms with Gasteiger partial charge in [-0.25, -0.2) is 28.7 Å². The summed E-state index contributed by atoms with van der Waals surface area (Å²) in [5.74, 6) is -0.256. The summed E-state index contributed by atoms with van der Waals surface area (Å²) in [6.45, 7) is -5.86. The normalized spacial score (nSPS) is 30.3. The number of alkyl halides is 2. The molecule has 4 aromatic heterocycles. The molecule has 6 rings (SSSR count). The molecule has 0 aliphatic carbocycles. The van der Waals surface area contributed by atoms with E-state index in [1.165, 1.54) is 10.9 Å². The number of hydrogen-bond donors (Lipinski definition) is 6. The highest BCUT2D eigenvalue weighted by Crippen LogP contribution is 2.51. The molecule has 10 atom stereocenters. The second-order valence-electron chi connectivity index (χ2n) is 9.74. The van der Waals surface area contributed by atoms with Gasteiger partial charge in [-0.15, -0.1) is 9.42 Å². The van der Waals surface area contributed by atoms with Crippen molar-refractivity contribution in [1.82, 2.24) is 39.0 Å². The second kappa shape index (κ2) is 12.2. The van der Waals surface area contributed by atoms with Gasteiger partial charge in [0.15, 0.2) is 47.4 Å². The van der Waals surface area contributed by atoms with Crippen molar-refractivity contribution < 1.29 is 51.3 Å². The summed E-state index contributed by atoms with van der Waals surface area (Å²) in [5, 5.41) is 10.5. The summed E-state index contributed by atoms with van der Waals surface area (Å²) in [5.41, 5.74) is 10.7. The number of nitrogens with two attached hydrogens (primary N) is 2. The molecule has 0 bridgehead atoms. The molecule has 2 unspecified atom stereocenters. The number of anilines is 2. The third-order valence-corrected chi connectivity index (χ3v) is 8.88. The van der Waals surface area contributed by atoms with Gasteiger partial charge in [0.1, 0.15) is 42.9 Å². The average molecular weight is 695 g/mol. The Balaban J connectivity index is 1.20. The zero-order chi connectivity index (χ0) is 32.2. The van der Waals surface area contributed by atoms with E-state index in [1.54, 1.807) is 0 Å². The van der Waals surface area contributed by atoms with E-state index in [1.807, 2.05) is 0 Å². The predicted molar refractivity (Wildman–Crippen MR) is 149 cm³/mol. The standard InChI is InChI=1S/C20H22F2N10O10P2S/c21-8-6(1-38-43(35)36)40-19(32-5-28-11-16(32)29-20(24)30-17(11)34)13(8)42-44(37,45)39-2-7-12(33)9(22)18(41-7)31-4-27-10-14(23)25-3-26-15(10)31/h3-9,12-13,18-19,33H,1-2H2,(H6-,23,24,25,26,29,30,34,35,36,37,45)/p+1/t6-,7-,8-,9+,12-,13-,18-,19-,44?/m1/s1. The van der Waals surface area contributed by atoms with Crippen LogP contribution in [-0.2, 0) is 39.4 Å². The van der Waals surface area contributed by atoms with Crippen LogP contribution in [0.25, 0.3) is 22.3 Å². The van der Waals surface area contributed by atoms with Gasteiger partial charge in [0.05, 0.1) is 19.3 Å². The Morgan fingerprint density at radius 3 is 2.47 bits per heavy atom. The number of aliphatic hydroxyl groups is 1. The smallest absolute Gasteiger partial charge is 0.387 e. The Hall–Kier alpha value is -3.21. The minimum atomic E-state index is -4.44. The van der Waals surface area contributed by atoms with Gasteiger partial charge < -0.3 is 35.5 Å². The van der Waals surface area contributed by atoms with Gasteiger partial charge in [0, 0.05) is 4.57 Å². The van der Waals surface area contributed by atoms with Crippen molar-refractivity contribution in [2.45, 2.75) is 49.2 Å². The molecule has 4 aromatic rings. The summed E-state index contributed by atoms with van der Waals surface area (Å²) in [6.07, 6.45) is -10.2. The summed E-state index contributed by atoms with van der Waals surface area (Å²) in [6, 6.07) is 0. The number of aromatic nitrogens is 8. The number of nitrogen functional groups attached to an aromatic ring is 2. The maximum absolute atomic E-state index is 15.7. The molecule has 0 amide bonds. The van der Waals surface area contributed by atoms with Gasteiger partial charge in [-0.1, -0.05) is 0 Å². The Morgan fingerprint density at radius 2 is 1.73 bits per heavy atom. The second-order valence-corrected chi connectivity index (χ2v) is 13.3. The average Bonchev–Trinajstić information content (AvgIpc) is 3.73. The SMILES string of the molecule is Nc1nc2c(ncn2[C@@H]2O[C@H](CO[P+](=O)O)[C@@H](F)[C@H]2OP(O)(=S)OC[C@H]2O[C@@H](n3cnc4c(N)ncnc43)[C@@H](F)[C@@H]2O)c(=O)[nH]1. The molecule has 8 N–H and O–H groups in total. The van der Waals surface area contributed by atoms with Crippen molar-refractivity contribution in [3.8, 4) is 0 Å². The van der Waals surface area contributed by atoms with E-state index in [0.29, 0.717) is 0 Å². The molecular weight excluding hydrogens is 672 g/mol. The largest absolute Gasteiger partial charge is 0.694 e. The van der Waals surface area contributed by atoms with Crippen molar-refractivity contribution >= 4 is 60.9 Å². The van der Waals surface area contributed by atoms with Crippen LogP contribution in [0.4, 0.5) is 20.5 Å². The number of aromatic amines is 1. The highest BCUT2D eigenvalue weighted by Gasteiger charge is 2.52. The van der Waals surface area contributed by atoms with E-state index in [9.17, 15) is 19.4 Å². The molecule has 0 saturated carbocycles. The van der Waals surface area contributed by atoms with E-state index in [0.717, 1.165) is 17.2 Å². The third kappa shape index (κ3) is 6.04. The number of imidazole rings is 2. The number of halogens is 2. The van der Waals surface area contributed by atoms with Gasteiger partial charge in [0.25, 0.3) is 5.56 Å². The highest BCUT2D eigenvalue weighted by molar-refractivity contribution is 8.07. The van der Waals surface area contributed by atoms with Gasteiger partial charge in [-0.05, 0) is 11.8 Å². The number of ether oxygens (including phenoxy) is 2. The lowest BCUT2D eigenvalue weighted by Crippen LogP contribution is -2.33. The van der Waals surface area contributed by atoms with Crippen molar-refractivity contribution in [2.75, 3.05) is 24.7 Å².